The Morgan fingerprint density at radius 3 is 2.91 bits per heavy atom. The molecule has 0 aromatic carbocycles. The Bertz CT molecular complexity index is 631. The van der Waals surface area contributed by atoms with Crippen LogP contribution in [0.1, 0.15) is 42.2 Å². The molecule has 0 aliphatic carbocycles. The minimum absolute atomic E-state index is 0.0905. The molecule has 0 saturated heterocycles. The van der Waals surface area contributed by atoms with E-state index in [0.717, 1.165) is 29.1 Å². The Morgan fingerprint density at radius 2 is 2.27 bits per heavy atom. The third-order valence-corrected chi connectivity index (χ3v) is 4.36. The van der Waals surface area contributed by atoms with Crippen LogP contribution >= 0.6 is 11.3 Å². The topological polar surface area (TPSA) is 78.0 Å². The highest BCUT2D eigenvalue weighted by molar-refractivity contribution is 7.09. The van der Waals surface area contributed by atoms with Crippen molar-refractivity contribution in [3.05, 3.63) is 28.3 Å². The Hall–Kier alpha value is -1.66. The van der Waals surface area contributed by atoms with Gasteiger partial charge in [-0.2, -0.15) is 0 Å². The van der Waals surface area contributed by atoms with Gasteiger partial charge in [-0.15, -0.1) is 11.3 Å². The van der Waals surface area contributed by atoms with Gasteiger partial charge < -0.3 is 15.4 Å². The summed E-state index contributed by atoms with van der Waals surface area (Å²) >= 11 is 1.59. The van der Waals surface area contributed by atoms with Crippen molar-refractivity contribution in [2.45, 2.75) is 33.6 Å². The second-order valence-electron chi connectivity index (χ2n) is 6.24. The van der Waals surface area contributed by atoms with E-state index in [1.54, 1.807) is 17.5 Å². The van der Waals surface area contributed by atoms with E-state index in [9.17, 15) is 9.90 Å². The predicted molar refractivity (Wildman–Crippen MR) is 89.1 cm³/mol. The molecule has 0 atom stereocenters. The van der Waals surface area contributed by atoms with Crippen molar-refractivity contribution in [3.63, 3.8) is 0 Å². The molecular formula is C16H23N3O2S. The average Bonchev–Trinajstić information content (AvgIpc) is 3.12. The fourth-order valence-corrected chi connectivity index (χ4v) is 2.73. The third-order valence-electron chi connectivity index (χ3n) is 3.59. The first-order valence-electron chi connectivity index (χ1n) is 7.41. The van der Waals surface area contributed by atoms with Crippen molar-refractivity contribution >= 4 is 17.2 Å². The second-order valence-corrected chi connectivity index (χ2v) is 7.30. The number of nitrogens with one attached hydrogen (secondary N) is 2. The first-order chi connectivity index (χ1) is 10.4. The number of rotatable bonds is 7. The number of aromatic amines is 1. The standard InChI is InChI=1S/C16H23N3O2S/c1-11-19-14(9-22-11)12-7-13(18-8-12)15(21)17-6-4-5-16(2,3)10-20/h7-9,18,20H,4-6,10H2,1-3H3,(H,17,21). The van der Waals surface area contributed by atoms with Gasteiger partial charge in [0.1, 0.15) is 5.69 Å². The molecule has 0 saturated carbocycles. The maximum atomic E-state index is 12.1. The summed E-state index contributed by atoms with van der Waals surface area (Å²) in [6, 6.07) is 1.82. The van der Waals surface area contributed by atoms with Crippen molar-refractivity contribution in [1.29, 1.82) is 0 Å². The maximum absolute atomic E-state index is 12.1. The van der Waals surface area contributed by atoms with Crippen LogP contribution in [0.5, 0.6) is 0 Å². The molecule has 2 heterocycles. The number of carbonyl (C=O) groups excluding carboxylic acids is 1. The zero-order chi connectivity index (χ0) is 16.2. The van der Waals surface area contributed by atoms with Gasteiger partial charge in [-0.3, -0.25) is 4.79 Å². The Balaban J connectivity index is 1.85. The lowest BCUT2D eigenvalue weighted by atomic mass is 9.89. The maximum Gasteiger partial charge on any atom is 0.267 e. The van der Waals surface area contributed by atoms with Gasteiger partial charge in [-0.25, -0.2) is 4.98 Å². The number of thiazole rings is 1. The van der Waals surface area contributed by atoms with Gasteiger partial charge >= 0.3 is 0 Å². The number of hydrogen-bond acceptors (Lipinski definition) is 4. The number of nitrogens with zero attached hydrogens (tertiary/aromatic N) is 1. The summed E-state index contributed by atoms with van der Waals surface area (Å²) in [6.45, 7) is 6.76. The molecule has 2 rings (SSSR count). The van der Waals surface area contributed by atoms with Crippen LogP contribution in [-0.2, 0) is 0 Å². The molecule has 5 nitrogen and oxygen atoms in total. The number of amides is 1. The number of H-pyrrole nitrogens is 1. The van der Waals surface area contributed by atoms with E-state index in [1.165, 1.54) is 0 Å². The van der Waals surface area contributed by atoms with Gasteiger partial charge in [0.25, 0.3) is 5.91 Å². The molecular weight excluding hydrogens is 298 g/mol. The summed E-state index contributed by atoms with van der Waals surface area (Å²) < 4.78 is 0. The quantitative estimate of drug-likeness (QED) is 0.686. The smallest absolute Gasteiger partial charge is 0.267 e. The molecule has 0 fully saturated rings. The lowest BCUT2D eigenvalue weighted by Gasteiger charge is -2.21. The summed E-state index contributed by atoms with van der Waals surface area (Å²) in [5.41, 5.74) is 2.27. The molecule has 3 N–H and O–H groups in total. The van der Waals surface area contributed by atoms with E-state index in [0.29, 0.717) is 12.2 Å². The number of aliphatic hydroxyl groups excluding tert-OH is 1. The SMILES string of the molecule is Cc1nc(-c2c[nH]c(C(=O)NCCCC(C)(C)CO)c2)cs1. The molecule has 0 radical (unpaired) electrons. The van der Waals surface area contributed by atoms with Crippen LogP contribution in [0.15, 0.2) is 17.6 Å². The van der Waals surface area contributed by atoms with Gasteiger partial charge in [0.15, 0.2) is 0 Å². The number of aliphatic hydroxyl groups is 1. The Kier molecular flexibility index (Phi) is 5.37. The predicted octanol–water partition coefficient (Wildman–Crippen LogP) is 2.98. The zero-order valence-corrected chi connectivity index (χ0v) is 14.1. The fraction of sp³-hybridized carbons (Fsp3) is 0.500. The van der Waals surface area contributed by atoms with Crippen molar-refractivity contribution < 1.29 is 9.90 Å². The van der Waals surface area contributed by atoms with Gasteiger partial charge in [-0.1, -0.05) is 13.8 Å². The largest absolute Gasteiger partial charge is 0.396 e. The summed E-state index contributed by atoms with van der Waals surface area (Å²) in [7, 11) is 0. The fourth-order valence-electron chi connectivity index (χ4n) is 2.11. The lowest BCUT2D eigenvalue weighted by Crippen LogP contribution is -2.26. The van der Waals surface area contributed by atoms with E-state index >= 15 is 0 Å². The number of carbonyl (C=O) groups is 1. The number of aryl methyl sites for hydroxylation is 1. The number of hydrogen-bond donors (Lipinski definition) is 3. The Morgan fingerprint density at radius 1 is 1.50 bits per heavy atom. The third kappa shape index (κ3) is 4.42. The van der Waals surface area contributed by atoms with E-state index in [-0.39, 0.29) is 17.9 Å². The minimum Gasteiger partial charge on any atom is -0.396 e. The van der Waals surface area contributed by atoms with E-state index in [1.807, 2.05) is 32.2 Å². The molecule has 0 aliphatic heterocycles. The highest BCUT2D eigenvalue weighted by Gasteiger charge is 2.16. The van der Waals surface area contributed by atoms with Crippen LogP contribution in [0.25, 0.3) is 11.3 Å². The highest BCUT2D eigenvalue weighted by Crippen LogP contribution is 2.22. The molecule has 0 bridgehead atoms. The molecule has 1 amide bonds. The zero-order valence-electron chi connectivity index (χ0n) is 13.3. The van der Waals surface area contributed by atoms with Gasteiger partial charge in [0.05, 0.1) is 10.7 Å². The first-order valence-corrected chi connectivity index (χ1v) is 8.29. The molecule has 120 valence electrons. The van der Waals surface area contributed by atoms with Crippen molar-refractivity contribution in [2.75, 3.05) is 13.2 Å². The lowest BCUT2D eigenvalue weighted by molar-refractivity contribution is 0.0944. The normalized spacial score (nSPS) is 11.6. The molecule has 6 heteroatoms. The number of aromatic nitrogens is 2. The van der Waals surface area contributed by atoms with Crippen LogP contribution < -0.4 is 5.32 Å². The highest BCUT2D eigenvalue weighted by atomic mass is 32.1. The van der Waals surface area contributed by atoms with Crippen molar-refractivity contribution in [3.8, 4) is 11.3 Å². The summed E-state index contributed by atoms with van der Waals surface area (Å²) in [5, 5.41) is 15.1. The van der Waals surface area contributed by atoms with Crippen LogP contribution in [0.2, 0.25) is 0 Å². The van der Waals surface area contributed by atoms with E-state index in [4.69, 9.17) is 0 Å². The van der Waals surface area contributed by atoms with E-state index < -0.39 is 0 Å². The molecule has 0 aliphatic rings. The van der Waals surface area contributed by atoms with Crippen LogP contribution in [0, 0.1) is 12.3 Å². The summed E-state index contributed by atoms with van der Waals surface area (Å²) in [5.74, 6) is -0.111. The monoisotopic (exact) mass is 321 g/mol. The molecule has 2 aromatic heterocycles. The average molecular weight is 321 g/mol. The van der Waals surface area contributed by atoms with Crippen LogP contribution in [0.3, 0.4) is 0 Å². The minimum atomic E-state index is -0.111. The molecule has 2 aromatic rings. The first kappa shape index (κ1) is 16.7. The van der Waals surface area contributed by atoms with Crippen molar-refractivity contribution in [1.82, 2.24) is 15.3 Å². The summed E-state index contributed by atoms with van der Waals surface area (Å²) in [4.78, 5) is 19.5. The Labute approximate surface area is 134 Å². The van der Waals surface area contributed by atoms with Crippen LogP contribution in [-0.4, -0.2) is 34.1 Å². The van der Waals surface area contributed by atoms with Gasteiger partial charge in [0, 0.05) is 30.3 Å². The molecule has 0 spiro atoms. The van der Waals surface area contributed by atoms with Crippen molar-refractivity contribution in [2.24, 2.45) is 5.41 Å². The molecule has 0 unspecified atom stereocenters. The molecule has 22 heavy (non-hydrogen) atoms. The van der Waals surface area contributed by atoms with E-state index in [2.05, 4.69) is 15.3 Å². The van der Waals surface area contributed by atoms with Gasteiger partial charge in [0.2, 0.25) is 0 Å². The van der Waals surface area contributed by atoms with Crippen LogP contribution in [0.4, 0.5) is 0 Å². The second kappa shape index (κ2) is 7.07. The van der Waals surface area contributed by atoms with Gasteiger partial charge in [-0.05, 0) is 31.2 Å². The summed E-state index contributed by atoms with van der Waals surface area (Å²) in [6.07, 6.45) is 3.52.